The fourth-order valence-electron chi connectivity index (χ4n) is 2.04. The first-order valence-corrected chi connectivity index (χ1v) is 7.14. The van der Waals surface area contributed by atoms with Gasteiger partial charge in [-0.3, -0.25) is 4.68 Å². The molecule has 0 N–H and O–H groups in total. The first-order valence-electron chi connectivity index (χ1n) is 6.26. The quantitative estimate of drug-likeness (QED) is 0.687. The van der Waals surface area contributed by atoms with Crippen molar-refractivity contribution in [1.29, 1.82) is 0 Å². The van der Waals surface area contributed by atoms with Crippen LogP contribution in [0.2, 0.25) is 0 Å². The molecule has 3 aromatic rings. The molecule has 0 spiro atoms. The summed E-state index contributed by atoms with van der Waals surface area (Å²) in [6, 6.07) is 11.1. The van der Waals surface area contributed by atoms with E-state index in [9.17, 15) is 13.2 Å². The highest BCUT2D eigenvalue weighted by Gasteiger charge is 2.30. The summed E-state index contributed by atoms with van der Waals surface area (Å²) in [6.07, 6.45) is -2.54. The monoisotopic (exact) mass is 308 g/mol. The molecule has 21 heavy (non-hydrogen) atoms. The number of thiophene rings is 1. The number of hydrogen-bond acceptors (Lipinski definition) is 2. The normalized spacial score (nSPS) is 11.8. The molecule has 0 unspecified atom stereocenters. The Hall–Kier alpha value is -2.08. The van der Waals surface area contributed by atoms with E-state index in [1.165, 1.54) is 6.07 Å². The van der Waals surface area contributed by atoms with Gasteiger partial charge < -0.3 is 0 Å². The van der Waals surface area contributed by atoms with Crippen molar-refractivity contribution < 1.29 is 13.2 Å². The molecule has 0 saturated carbocycles. The Kier molecular flexibility index (Phi) is 3.55. The number of alkyl halides is 3. The Bertz CT molecular complexity index is 729. The molecule has 6 heteroatoms. The molecule has 0 aliphatic heterocycles. The molecule has 108 valence electrons. The third-order valence-electron chi connectivity index (χ3n) is 3.01. The second-order valence-electron chi connectivity index (χ2n) is 4.57. The van der Waals surface area contributed by atoms with E-state index in [1.54, 1.807) is 28.3 Å². The maximum absolute atomic E-state index is 12.7. The number of aromatic nitrogens is 2. The zero-order valence-corrected chi connectivity index (χ0v) is 11.7. The van der Waals surface area contributed by atoms with Crippen LogP contribution in [-0.2, 0) is 12.7 Å². The van der Waals surface area contributed by atoms with Crippen molar-refractivity contribution >= 4 is 11.3 Å². The molecule has 0 saturated heterocycles. The summed E-state index contributed by atoms with van der Waals surface area (Å²) in [5.41, 5.74) is 0.772. The average Bonchev–Trinajstić information content (AvgIpc) is 3.08. The standard InChI is InChI=1S/C15H11F3N2S/c16-15(17,18)12-4-1-3-11(9-12)10-20-7-6-13(19-20)14-5-2-8-21-14/h1-9H,10H2. The van der Waals surface area contributed by atoms with Gasteiger partial charge in [-0.15, -0.1) is 11.3 Å². The molecule has 2 heterocycles. The molecule has 1 aromatic carbocycles. The Balaban J connectivity index is 1.81. The van der Waals surface area contributed by atoms with Gasteiger partial charge in [0.1, 0.15) is 5.69 Å². The van der Waals surface area contributed by atoms with E-state index in [0.717, 1.165) is 22.7 Å². The molecule has 0 fully saturated rings. The van der Waals surface area contributed by atoms with E-state index < -0.39 is 11.7 Å². The molecule has 0 radical (unpaired) electrons. The lowest BCUT2D eigenvalue weighted by Crippen LogP contribution is -2.07. The van der Waals surface area contributed by atoms with Gasteiger partial charge in [0.15, 0.2) is 0 Å². The molecule has 0 aliphatic carbocycles. The second-order valence-corrected chi connectivity index (χ2v) is 5.52. The van der Waals surface area contributed by atoms with E-state index in [2.05, 4.69) is 5.10 Å². The molecule has 0 bridgehead atoms. The van der Waals surface area contributed by atoms with Gasteiger partial charge in [-0.2, -0.15) is 18.3 Å². The minimum atomic E-state index is -4.32. The highest BCUT2D eigenvalue weighted by Crippen LogP contribution is 2.29. The van der Waals surface area contributed by atoms with Crippen LogP contribution in [0.5, 0.6) is 0 Å². The van der Waals surface area contributed by atoms with Gasteiger partial charge in [0.05, 0.1) is 17.0 Å². The first kappa shape index (κ1) is 13.9. The van der Waals surface area contributed by atoms with Crippen molar-refractivity contribution in [3.05, 3.63) is 65.2 Å². The van der Waals surface area contributed by atoms with Gasteiger partial charge in [-0.05, 0) is 35.2 Å². The molecular formula is C15H11F3N2S. The number of nitrogens with zero attached hydrogens (tertiary/aromatic N) is 2. The molecular weight excluding hydrogens is 297 g/mol. The average molecular weight is 308 g/mol. The van der Waals surface area contributed by atoms with Crippen molar-refractivity contribution in [1.82, 2.24) is 9.78 Å². The topological polar surface area (TPSA) is 17.8 Å². The second kappa shape index (κ2) is 5.37. The van der Waals surface area contributed by atoms with Crippen LogP contribution < -0.4 is 0 Å². The van der Waals surface area contributed by atoms with E-state index in [4.69, 9.17) is 0 Å². The van der Waals surface area contributed by atoms with Crippen LogP contribution in [0.25, 0.3) is 10.6 Å². The summed E-state index contributed by atoms with van der Waals surface area (Å²) >= 11 is 1.58. The fraction of sp³-hybridized carbons (Fsp3) is 0.133. The van der Waals surface area contributed by atoms with Gasteiger partial charge >= 0.3 is 6.18 Å². The lowest BCUT2D eigenvalue weighted by atomic mass is 10.1. The predicted octanol–water partition coefficient (Wildman–Crippen LogP) is 4.68. The summed E-state index contributed by atoms with van der Waals surface area (Å²) in [5.74, 6) is 0. The van der Waals surface area contributed by atoms with Crippen LogP contribution in [0.3, 0.4) is 0 Å². The van der Waals surface area contributed by atoms with Crippen LogP contribution in [0.4, 0.5) is 13.2 Å². The Morgan fingerprint density at radius 2 is 1.95 bits per heavy atom. The van der Waals surface area contributed by atoms with Crippen molar-refractivity contribution in [2.45, 2.75) is 12.7 Å². The smallest absolute Gasteiger partial charge is 0.268 e. The summed E-state index contributed by atoms with van der Waals surface area (Å²) < 4.78 is 39.7. The maximum atomic E-state index is 12.7. The summed E-state index contributed by atoms with van der Waals surface area (Å²) in [4.78, 5) is 1.04. The summed E-state index contributed by atoms with van der Waals surface area (Å²) in [6.45, 7) is 0.315. The van der Waals surface area contributed by atoms with Crippen LogP contribution in [0.15, 0.2) is 54.0 Å². The predicted molar refractivity (Wildman–Crippen MR) is 76.1 cm³/mol. The number of benzene rings is 1. The maximum Gasteiger partial charge on any atom is 0.416 e. The third kappa shape index (κ3) is 3.16. The zero-order chi connectivity index (χ0) is 14.9. The van der Waals surface area contributed by atoms with E-state index in [-0.39, 0.29) is 0 Å². The number of rotatable bonds is 3. The zero-order valence-electron chi connectivity index (χ0n) is 10.8. The third-order valence-corrected chi connectivity index (χ3v) is 3.91. The minimum Gasteiger partial charge on any atom is -0.268 e. The lowest BCUT2D eigenvalue weighted by molar-refractivity contribution is -0.137. The van der Waals surface area contributed by atoms with Gasteiger partial charge in [0.25, 0.3) is 0 Å². The lowest BCUT2D eigenvalue weighted by Gasteiger charge is -2.08. The first-order chi connectivity index (χ1) is 10.0. The molecule has 3 rings (SSSR count). The molecule has 2 aromatic heterocycles. The van der Waals surface area contributed by atoms with Crippen LogP contribution in [0.1, 0.15) is 11.1 Å². The van der Waals surface area contributed by atoms with Gasteiger partial charge in [-0.1, -0.05) is 18.2 Å². The Morgan fingerprint density at radius 1 is 1.10 bits per heavy atom. The fourth-order valence-corrected chi connectivity index (χ4v) is 2.73. The van der Waals surface area contributed by atoms with Gasteiger partial charge in [-0.25, -0.2) is 0 Å². The van der Waals surface area contributed by atoms with Crippen molar-refractivity contribution in [2.75, 3.05) is 0 Å². The molecule has 0 amide bonds. The summed E-state index contributed by atoms with van der Waals surface area (Å²) in [5, 5.41) is 6.35. The number of hydrogen-bond donors (Lipinski definition) is 0. The van der Waals surface area contributed by atoms with Gasteiger partial charge in [0, 0.05) is 6.20 Å². The highest BCUT2D eigenvalue weighted by molar-refractivity contribution is 7.13. The van der Waals surface area contributed by atoms with Crippen molar-refractivity contribution in [3.8, 4) is 10.6 Å². The number of halogens is 3. The Morgan fingerprint density at radius 3 is 2.67 bits per heavy atom. The van der Waals surface area contributed by atoms with E-state index in [0.29, 0.717) is 12.1 Å². The molecule has 2 nitrogen and oxygen atoms in total. The van der Waals surface area contributed by atoms with Crippen molar-refractivity contribution in [3.63, 3.8) is 0 Å². The highest BCUT2D eigenvalue weighted by atomic mass is 32.1. The van der Waals surface area contributed by atoms with Crippen molar-refractivity contribution in [2.24, 2.45) is 0 Å². The van der Waals surface area contributed by atoms with Gasteiger partial charge in [0.2, 0.25) is 0 Å². The summed E-state index contributed by atoms with van der Waals surface area (Å²) in [7, 11) is 0. The van der Waals surface area contributed by atoms with E-state index >= 15 is 0 Å². The molecule has 0 atom stereocenters. The minimum absolute atomic E-state index is 0.315. The van der Waals surface area contributed by atoms with Crippen LogP contribution in [-0.4, -0.2) is 9.78 Å². The Labute approximate surface area is 123 Å². The molecule has 0 aliphatic rings. The van der Waals surface area contributed by atoms with Crippen LogP contribution in [0, 0.1) is 0 Å². The largest absolute Gasteiger partial charge is 0.416 e. The van der Waals surface area contributed by atoms with E-state index in [1.807, 2.05) is 23.6 Å². The SMILES string of the molecule is FC(F)(F)c1cccc(Cn2ccc(-c3cccs3)n2)c1. The van der Waals surface area contributed by atoms with Crippen LogP contribution >= 0.6 is 11.3 Å².